The molecule has 0 radical (unpaired) electrons. The molecule has 1 aromatic heterocycles. The fraction of sp³-hybridized carbons (Fsp3) is 0.0833. The number of carbonyl (C=O) groups excluding carboxylic acids is 1. The molecule has 0 N–H and O–H groups in total. The molecule has 0 saturated heterocycles. The highest BCUT2D eigenvalue weighted by Gasteiger charge is 2.03. The molecule has 2 heteroatoms. The van der Waals surface area contributed by atoms with Crippen molar-refractivity contribution in [1.29, 1.82) is 0 Å². The highest BCUT2D eigenvalue weighted by Crippen LogP contribution is 2.18. The molecule has 1 heterocycles. The molecule has 2 rings (SSSR count). The van der Waals surface area contributed by atoms with Gasteiger partial charge < -0.3 is 0 Å². The van der Waals surface area contributed by atoms with E-state index in [0.29, 0.717) is 0 Å². The second-order valence-electron chi connectivity index (χ2n) is 3.23. The quantitative estimate of drug-likeness (QED) is 0.669. The molecule has 0 aliphatic heterocycles. The summed E-state index contributed by atoms with van der Waals surface area (Å²) in [4.78, 5) is 11.2. The SMILES string of the molecule is C=Cc1ccc2c(ccn2C(C)=O)c1. The van der Waals surface area contributed by atoms with Crippen LogP contribution in [0, 0.1) is 0 Å². The van der Waals surface area contributed by atoms with E-state index in [1.165, 1.54) is 0 Å². The average Bonchev–Trinajstić information content (AvgIpc) is 2.59. The zero-order valence-corrected chi connectivity index (χ0v) is 8.03. The Morgan fingerprint density at radius 2 is 2.21 bits per heavy atom. The van der Waals surface area contributed by atoms with Crippen LogP contribution in [-0.2, 0) is 0 Å². The number of fused-ring (bicyclic) bond motifs is 1. The summed E-state index contributed by atoms with van der Waals surface area (Å²) in [6, 6.07) is 7.84. The number of nitrogens with zero attached hydrogens (tertiary/aromatic N) is 1. The minimum atomic E-state index is 0.0337. The maximum Gasteiger partial charge on any atom is 0.227 e. The van der Waals surface area contributed by atoms with Crippen LogP contribution < -0.4 is 0 Å². The largest absolute Gasteiger partial charge is 0.287 e. The van der Waals surface area contributed by atoms with Crippen LogP contribution in [-0.4, -0.2) is 10.5 Å². The maximum atomic E-state index is 11.2. The van der Waals surface area contributed by atoms with E-state index in [0.717, 1.165) is 16.5 Å². The molecule has 0 spiro atoms. The molecule has 2 aromatic rings. The van der Waals surface area contributed by atoms with Crippen LogP contribution in [0.15, 0.2) is 37.0 Å². The number of benzene rings is 1. The lowest BCUT2D eigenvalue weighted by atomic mass is 10.1. The summed E-state index contributed by atoms with van der Waals surface area (Å²) < 4.78 is 1.64. The molecule has 0 aliphatic carbocycles. The second-order valence-corrected chi connectivity index (χ2v) is 3.23. The van der Waals surface area contributed by atoms with E-state index in [4.69, 9.17) is 0 Å². The van der Waals surface area contributed by atoms with E-state index >= 15 is 0 Å². The first-order valence-corrected chi connectivity index (χ1v) is 4.47. The summed E-state index contributed by atoms with van der Waals surface area (Å²) in [6.45, 7) is 5.26. The zero-order chi connectivity index (χ0) is 10.1. The molecule has 0 atom stereocenters. The van der Waals surface area contributed by atoms with Crippen molar-refractivity contribution in [2.45, 2.75) is 6.92 Å². The van der Waals surface area contributed by atoms with E-state index in [9.17, 15) is 4.79 Å². The standard InChI is InChI=1S/C12H11NO/c1-3-10-4-5-12-11(8-10)6-7-13(12)9(2)14/h3-8H,1H2,2H3. The Morgan fingerprint density at radius 1 is 1.43 bits per heavy atom. The van der Waals surface area contributed by atoms with Crippen molar-refractivity contribution in [2.24, 2.45) is 0 Å². The topological polar surface area (TPSA) is 22.0 Å². The number of hydrogen-bond acceptors (Lipinski definition) is 1. The fourth-order valence-corrected chi connectivity index (χ4v) is 1.56. The highest BCUT2D eigenvalue weighted by atomic mass is 16.1. The maximum absolute atomic E-state index is 11.2. The van der Waals surface area contributed by atoms with Gasteiger partial charge in [-0.2, -0.15) is 0 Å². The first-order valence-electron chi connectivity index (χ1n) is 4.47. The Bertz CT molecular complexity index is 508. The van der Waals surface area contributed by atoms with Crippen LogP contribution in [0.1, 0.15) is 17.3 Å². The van der Waals surface area contributed by atoms with E-state index in [1.54, 1.807) is 23.8 Å². The third-order valence-electron chi connectivity index (χ3n) is 2.29. The molecular formula is C12H11NO. The first kappa shape index (κ1) is 8.75. The van der Waals surface area contributed by atoms with Crippen molar-refractivity contribution in [3.63, 3.8) is 0 Å². The van der Waals surface area contributed by atoms with Gasteiger partial charge in [-0.25, -0.2) is 0 Å². The molecule has 0 unspecified atom stereocenters. The molecular weight excluding hydrogens is 174 g/mol. The number of hydrogen-bond donors (Lipinski definition) is 0. The van der Waals surface area contributed by atoms with Crippen LogP contribution in [0.2, 0.25) is 0 Å². The van der Waals surface area contributed by atoms with Crippen LogP contribution >= 0.6 is 0 Å². The van der Waals surface area contributed by atoms with E-state index in [1.807, 2.05) is 24.3 Å². The third-order valence-corrected chi connectivity index (χ3v) is 2.29. The van der Waals surface area contributed by atoms with Gasteiger partial charge in [0.2, 0.25) is 5.91 Å². The Balaban J connectivity index is 2.71. The lowest BCUT2D eigenvalue weighted by Crippen LogP contribution is -2.02. The normalized spacial score (nSPS) is 10.4. The highest BCUT2D eigenvalue weighted by molar-refractivity contribution is 5.92. The van der Waals surface area contributed by atoms with E-state index in [-0.39, 0.29) is 5.91 Å². The van der Waals surface area contributed by atoms with Gasteiger partial charge in [0.25, 0.3) is 0 Å². The lowest BCUT2D eigenvalue weighted by molar-refractivity contribution is 0.0941. The Morgan fingerprint density at radius 3 is 2.86 bits per heavy atom. The lowest BCUT2D eigenvalue weighted by Gasteiger charge is -1.99. The molecule has 2 nitrogen and oxygen atoms in total. The predicted octanol–water partition coefficient (Wildman–Crippen LogP) is 2.94. The van der Waals surface area contributed by atoms with Gasteiger partial charge in [0.15, 0.2) is 0 Å². The van der Waals surface area contributed by atoms with Crippen LogP contribution in [0.4, 0.5) is 0 Å². The van der Waals surface area contributed by atoms with Crippen LogP contribution in [0.25, 0.3) is 17.0 Å². The molecule has 0 saturated carbocycles. The molecule has 0 amide bonds. The smallest absolute Gasteiger partial charge is 0.227 e. The van der Waals surface area contributed by atoms with E-state index in [2.05, 4.69) is 6.58 Å². The van der Waals surface area contributed by atoms with Crippen molar-refractivity contribution >= 4 is 22.9 Å². The fourth-order valence-electron chi connectivity index (χ4n) is 1.56. The molecule has 0 aliphatic rings. The summed E-state index contributed by atoms with van der Waals surface area (Å²) >= 11 is 0. The number of aromatic nitrogens is 1. The second kappa shape index (κ2) is 3.14. The van der Waals surface area contributed by atoms with E-state index < -0.39 is 0 Å². The minimum Gasteiger partial charge on any atom is -0.287 e. The van der Waals surface area contributed by atoms with Crippen molar-refractivity contribution in [1.82, 2.24) is 4.57 Å². The monoisotopic (exact) mass is 185 g/mol. The Hall–Kier alpha value is -1.83. The number of carbonyl (C=O) groups is 1. The Kier molecular flexibility index (Phi) is 1.97. The van der Waals surface area contributed by atoms with Gasteiger partial charge in [-0.3, -0.25) is 9.36 Å². The molecule has 70 valence electrons. The molecule has 0 fully saturated rings. The van der Waals surface area contributed by atoms with Gasteiger partial charge in [-0.15, -0.1) is 0 Å². The first-order chi connectivity index (χ1) is 6.72. The van der Waals surface area contributed by atoms with Crippen molar-refractivity contribution in [2.75, 3.05) is 0 Å². The minimum absolute atomic E-state index is 0.0337. The summed E-state index contributed by atoms with van der Waals surface area (Å²) in [6.07, 6.45) is 3.59. The van der Waals surface area contributed by atoms with Gasteiger partial charge in [0.05, 0.1) is 5.52 Å². The van der Waals surface area contributed by atoms with Gasteiger partial charge in [0.1, 0.15) is 0 Å². The van der Waals surface area contributed by atoms with Gasteiger partial charge in [-0.1, -0.05) is 18.7 Å². The van der Waals surface area contributed by atoms with Crippen LogP contribution in [0.3, 0.4) is 0 Å². The summed E-state index contributed by atoms with van der Waals surface area (Å²) in [5.74, 6) is 0.0337. The van der Waals surface area contributed by atoms with Crippen molar-refractivity contribution in [3.05, 3.63) is 42.6 Å². The Labute approximate surface area is 82.5 Å². The average molecular weight is 185 g/mol. The summed E-state index contributed by atoms with van der Waals surface area (Å²) in [5, 5.41) is 1.07. The van der Waals surface area contributed by atoms with Crippen molar-refractivity contribution in [3.8, 4) is 0 Å². The van der Waals surface area contributed by atoms with Gasteiger partial charge in [0, 0.05) is 18.5 Å². The third kappa shape index (κ3) is 1.25. The molecule has 0 bridgehead atoms. The van der Waals surface area contributed by atoms with Crippen LogP contribution in [0.5, 0.6) is 0 Å². The molecule has 1 aromatic carbocycles. The predicted molar refractivity (Wildman–Crippen MR) is 58.3 cm³/mol. The zero-order valence-electron chi connectivity index (χ0n) is 8.03. The number of rotatable bonds is 1. The van der Waals surface area contributed by atoms with Gasteiger partial charge in [-0.05, 0) is 23.8 Å². The van der Waals surface area contributed by atoms with Crippen molar-refractivity contribution < 1.29 is 4.79 Å². The molecule has 14 heavy (non-hydrogen) atoms. The summed E-state index contributed by atoms with van der Waals surface area (Å²) in [5.41, 5.74) is 2.02. The summed E-state index contributed by atoms with van der Waals surface area (Å²) in [7, 11) is 0. The van der Waals surface area contributed by atoms with Gasteiger partial charge >= 0.3 is 0 Å².